The van der Waals surface area contributed by atoms with Crippen molar-refractivity contribution in [2.75, 3.05) is 14.2 Å². The molecule has 0 saturated heterocycles. The standard InChI is InChI=1S/C12H26O2/c1-11(2)9-7-5-6-8-10-12(13-3)14-4/h11-12H,5-10H2,1-4H3. The Kier molecular flexibility index (Phi) is 9.42. The maximum Gasteiger partial charge on any atom is 0.156 e. The highest BCUT2D eigenvalue weighted by atomic mass is 16.7. The minimum Gasteiger partial charge on any atom is -0.356 e. The fourth-order valence-corrected chi connectivity index (χ4v) is 1.55. The minimum absolute atomic E-state index is 0.0000914. The SMILES string of the molecule is COC(CCCCCCC(C)C)OC. The number of hydrogen-bond donors (Lipinski definition) is 0. The van der Waals surface area contributed by atoms with Crippen LogP contribution in [0, 0.1) is 5.92 Å². The van der Waals surface area contributed by atoms with Gasteiger partial charge in [0.05, 0.1) is 0 Å². The first-order valence-electron chi connectivity index (χ1n) is 5.76. The van der Waals surface area contributed by atoms with E-state index in [4.69, 9.17) is 9.47 Å². The van der Waals surface area contributed by atoms with Gasteiger partial charge in [0.15, 0.2) is 6.29 Å². The number of rotatable bonds is 9. The zero-order valence-corrected chi connectivity index (χ0v) is 10.2. The van der Waals surface area contributed by atoms with Gasteiger partial charge in [-0.05, 0) is 18.8 Å². The van der Waals surface area contributed by atoms with E-state index in [1.54, 1.807) is 14.2 Å². The molecule has 0 bridgehead atoms. The van der Waals surface area contributed by atoms with E-state index in [-0.39, 0.29) is 6.29 Å². The van der Waals surface area contributed by atoms with Gasteiger partial charge in [0.1, 0.15) is 0 Å². The normalized spacial score (nSPS) is 11.6. The molecule has 0 N–H and O–H groups in total. The van der Waals surface area contributed by atoms with Crippen molar-refractivity contribution in [3.05, 3.63) is 0 Å². The van der Waals surface area contributed by atoms with Gasteiger partial charge in [-0.15, -0.1) is 0 Å². The highest BCUT2D eigenvalue weighted by molar-refractivity contribution is 4.50. The van der Waals surface area contributed by atoms with Gasteiger partial charge in [0.25, 0.3) is 0 Å². The molecule has 0 aliphatic rings. The van der Waals surface area contributed by atoms with Gasteiger partial charge in [0, 0.05) is 14.2 Å². The Balaban J connectivity index is 3.12. The van der Waals surface area contributed by atoms with Crippen LogP contribution in [-0.4, -0.2) is 20.5 Å². The van der Waals surface area contributed by atoms with Crippen LogP contribution in [0.15, 0.2) is 0 Å². The minimum atomic E-state index is 0.0000914. The van der Waals surface area contributed by atoms with E-state index in [0.29, 0.717) is 0 Å². The quantitative estimate of drug-likeness (QED) is 0.420. The summed E-state index contributed by atoms with van der Waals surface area (Å²) in [6, 6.07) is 0. The molecule has 0 unspecified atom stereocenters. The molecule has 0 spiro atoms. The average Bonchev–Trinajstić information content (AvgIpc) is 2.16. The Morgan fingerprint density at radius 1 is 0.786 bits per heavy atom. The third-order valence-electron chi connectivity index (χ3n) is 2.50. The first-order chi connectivity index (χ1) is 6.70. The molecule has 0 heterocycles. The average molecular weight is 202 g/mol. The Morgan fingerprint density at radius 2 is 1.29 bits per heavy atom. The Labute approximate surface area is 89.0 Å². The van der Waals surface area contributed by atoms with Crippen LogP contribution < -0.4 is 0 Å². The number of methoxy groups -OCH3 is 2. The van der Waals surface area contributed by atoms with Crippen LogP contribution in [0.2, 0.25) is 0 Å². The van der Waals surface area contributed by atoms with E-state index in [1.807, 2.05) is 0 Å². The highest BCUT2D eigenvalue weighted by Crippen LogP contribution is 2.12. The van der Waals surface area contributed by atoms with Gasteiger partial charge < -0.3 is 9.47 Å². The van der Waals surface area contributed by atoms with E-state index in [9.17, 15) is 0 Å². The number of ether oxygens (including phenoxy) is 2. The molecule has 2 heteroatoms. The smallest absolute Gasteiger partial charge is 0.156 e. The van der Waals surface area contributed by atoms with Crippen molar-refractivity contribution >= 4 is 0 Å². The first kappa shape index (κ1) is 13.9. The lowest BCUT2D eigenvalue weighted by Gasteiger charge is -2.12. The Hall–Kier alpha value is -0.0800. The van der Waals surface area contributed by atoms with Crippen LogP contribution in [0.1, 0.15) is 52.4 Å². The van der Waals surface area contributed by atoms with Crippen LogP contribution in [0.3, 0.4) is 0 Å². The maximum absolute atomic E-state index is 5.12. The molecular weight excluding hydrogens is 176 g/mol. The predicted octanol–water partition coefficient (Wildman–Crippen LogP) is 3.60. The molecule has 0 radical (unpaired) electrons. The summed E-state index contributed by atoms with van der Waals surface area (Å²) in [5.74, 6) is 0.848. The molecule has 0 aromatic carbocycles. The van der Waals surface area contributed by atoms with Crippen molar-refractivity contribution < 1.29 is 9.47 Å². The first-order valence-corrected chi connectivity index (χ1v) is 5.76. The van der Waals surface area contributed by atoms with E-state index < -0.39 is 0 Å². The number of unbranched alkanes of at least 4 members (excludes halogenated alkanes) is 3. The van der Waals surface area contributed by atoms with E-state index in [0.717, 1.165) is 12.3 Å². The van der Waals surface area contributed by atoms with Crippen LogP contribution in [-0.2, 0) is 9.47 Å². The molecule has 0 fully saturated rings. The molecule has 0 aromatic rings. The van der Waals surface area contributed by atoms with Gasteiger partial charge in [-0.3, -0.25) is 0 Å². The second-order valence-electron chi connectivity index (χ2n) is 4.29. The van der Waals surface area contributed by atoms with Crippen LogP contribution in [0.5, 0.6) is 0 Å². The molecule has 0 rings (SSSR count). The lowest BCUT2D eigenvalue weighted by molar-refractivity contribution is -0.107. The van der Waals surface area contributed by atoms with Crippen LogP contribution >= 0.6 is 0 Å². The second kappa shape index (κ2) is 9.47. The molecule has 0 atom stereocenters. The molecule has 0 saturated carbocycles. The van der Waals surface area contributed by atoms with E-state index >= 15 is 0 Å². The summed E-state index contributed by atoms with van der Waals surface area (Å²) >= 11 is 0. The summed E-state index contributed by atoms with van der Waals surface area (Å²) in [6.07, 6.45) is 7.60. The molecule has 14 heavy (non-hydrogen) atoms. The summed E-state index contributed by atoms with van der Waals surface area (Å²) in [5, 5.41) is 0. The highest BCUT2D eigenvalue weighted by Gasteiger charge is 2.03. The van der Waals surface area contributed by atoms with Crippen molar-refractivity contribution in [3.8, 4) is 0 Å². The fraction of sp³-hybridized carbons (Fsp3) is 1.00. The van der Waals surface area contributed by atoms with Crippen molar-refractivity contribution in [2.24, 2.45) is 5.92 Å². The summed E-state index contributed by atoms with van der Waals surface area (Å²) in [7, 11) is 3.40. The molecule has 0 amide bonds. The van der Waals surface area contributed by atoms with Crippen molar-refractivity contribution in [2.45, 2.75) is 58.7 Å². The maximum atomic E-state index is 5.12. The molecule has 0 aliphatic carbocycles. The molecular formula is C12H26O2. The lowest BCUT2D eigenvalue weighted by atomic mass is 10.0. The van der Waals surface area contributed by atoms with Crippen molar-refractivity contribution in [3.63, 3.8) is 0 Å². The predicted molar refractivity (Wildman–Crippen MR) is 60.3 cm³/mol. The van der Waals surface area contributed by atoms with Gasteiger partial charge in [0.2, 0.25) is 0 Å². The summed E-state index contributed by atoms with van der Waals surface area (Å²) in [5.41, 5.74) is 0. The topological polar surface area (TPSA) is 18.5 Å². The van der Waals surface area contributed by atoms with Gasteiger partial charge >= 0.3 is 0 Å². The van der Waals surface area contributed by atoms with E-state index in [2.05, 4.69) is 13.8 Å². The molecule has 0 aromatic heterocycles. The fourth-order valence-electron chi connectivity index (χ4n) is 1.55. The summed E-state index contributed by atoms with van der Waals surface area (Å²) in [4.78, 5) is 0. The van der Waals surface area contributed by atoms with Crippen LogP contribution in [0.4, 0.5) is 0 Å². The molecule has 86 valence electrons. The Bertz CT molecular complexity index is 109. The van der Waals surface area contributed by atoms with Crippen LogP contribution in [0.25, 0.3) is 0 Å². The largest absolute Gasteiger partial charge is 0.356 e. The van der Waals surface area contributed by atoms with E-state index in [1.165, 1.54) is 32.1 Å². The molecule has 0 aliphatic heterocycles. The van der Waals surface area contributed by atoms with Crippen molar-refractivity contribution in [1.82, 2.24) is 0 Å². The summed E-state index contributed by atoms with van der Waals surface area (Å²) < 4.78 is 10.2. The van der Waals surface area contributed by atoms with Crippen molar-refractivity contribution in [1.29, 1.82) is 0 Å². The zero-order chi connectivity index (χ0) is 10.8. The third kappa shape index (κ3) is 8.52. The number of hydrogen-bond acceptors (Lipinski definition) is 2. The van der Waals surface area contributed by atoms with Gasteiger partial charge in [-0.2, -0.15) is 0 Å². The summed E-state index contributed by atoms with van der Waals surface area (Å²) in [6.45, 7) is 4.57. The molecule has 2 nitrogen and oxygen atoms in total. The second-order valence-corrected chi connectivity index (χ2v) is 4.29. The third-order valence-corrected chi connectivity index (χ3v) is 2.50. The van der Waals surface area contributed by atoms with Gasteiger partial charge in [-0.1, -0.05) is 39.5 Å². The monoisotopic (exact) mass is 202 g/mol. The zero-order valence-electron chi connectivity index (χ0n) is 10.2. The van der Waals surface area contributed by atoms with Gasteiger partial charge in [-0.25, -0.2) is 0 Å². The lowest BCUT2D eigenvalue weighted by Crippen LogP contribution is -2.12. The Morgan fingerprint density at radius 3 is 1.71 bits per heavy atom.